The van der Waals surface area contributed by atoms with Crippen LogP contribution in [-0.4, -0.2) is 24.3 Å². The Balaban J connectivity index is 2.15. The molecule has 2 aromatic heterocycles. The van der Waals surface area contributed by atoms with Crippen molar-refractivity contribution in [1.29, 1.82) is 0 Å². The highest BCUT2D eigenvalue weighted by atomic mass is 32.2. The Morgan fingerprint density at radius 1 is 1.39 bits per heavy atom. The van der Waals surface area contributed by atoms with Crippen molar-refractivity contribution in [3.8, 4) is 0 Å². The zero-order valence-electron chi connectivity index (χ0n) is 12.1. The number of alkyl halides is 2. The molecule has 0 bridgehead atoms. The van der Waals surface area contributed by atoms with Gasteiger partial charge in [-0.05, 0) is 18.9 Å². The Morgan fingerprint density at radius 2 is 2.13 bits per heavy atom. The molecule has 0 aliphatic heterocycles. The number of hydrogen-bond donors (Lipinski definition) is 2. The smallest absolute Gasteiger partial charge is 0.256 e. The first-order valence-electron chi connectivity index (χ1n) is 7.10. The predicted octanol–water partition coefficient (Wildman–Crippen LogP) is 1.86. The molecule has 0 aromatic carbocycles. The molecule has 2 aromatic rings. The second-order valence-electron chi connectivity index (χ2n) is 5.82. The van der Waals surface area contributed by atoms with Crippen molar-refractivity contribution in [3.05, 3.63) is 34.2 Å². The van der Waals surface area contributed by atoms with E-state index in [9.17, 15) is 22.0 Å². The number of primary sulfonamides is 1. The van der Waals surface area contributed by atoms with E-state index in [0.717, 1.165) is 0 Å². The minimum absolute atomic E-state index is 0.152. The van der Waals surface area contributed by atoms with Gasteiger partial charge in [0.2, 0.25) is 5.92 Å². The van der Waals surface area contributed by atoms with Gasteiger partial charge in [-0.15, -0.1) is 0 Å². The fraction of sp³-hybridized carbons (Fsp3) is 0.429. The SMILES string of the molecule is NS(=O)(=O)c1nccc2[nH]c([C@H]3CCCC(F)(F)C3)cc(=O)c12. The highest BCUT2D eigenvalue weighted by Crippen LogP contribution is 2.41. The summed E-state index contributed by atoms with van der Waals surface area (Å²) in [6.07, 6.45) is 1.64. The van der Waals surface area contributed by atoms with E-state index in [2.05, 4.69) is 9.97 Å². The van der Waals surface area contributed by atoms with Crippen LogP contribution in [0.1, 0.15) is 37.3 Å². The topological polar surface area (TPSA) is 106 Å². The number of nitrogens with zero attached hydrogens (tertiary/aromatic N) is 1. The van der Waals surface area contributed by atoms with E-state index in [1.807, 2.05) is 0 Å². The number of aromatic nitrogens is 2. The number of nitrogens with two attached hydrogens (primary N) is 1. The molecule has 23 heavy (non-hydrogen) atoms. The van der Waals surface area contributed by atoms with E-state index in [1.54, 1.807) is 0 Å². The molecule has 0 amide bonds. The maximum absolute atomic E-state index is 13.6. The lowest BCUT2D eigenvalue weighted by Gasteiger charge is -2.29. The Hall–Kier alpha value is -1.87. The lowest BCUT2D eigenvalue weighted by atomic mass is 9.84. The highest BCUT2D eigenvalue weighted by Gasteiger charge is 2.37. The normalized spacial score (nSPS) is 21.4. The average Bonchev–Trinajstić information content (AvgIpc) is 2.44. The summed E-state index contributed by atoms with van der Waals surface area (Å²) >= 11 is 0. The van der Waals surface area contributed by atoms with Gasteiger partial charge in [-0.2, -0.15) is 0 Å². The fourth-order valence-electron chi connectivity index (χ4n) is 3.06. The minimum Gasteiger partial charge on any atom is -0.358 e. The molecule has 6 nitrogen and oxygen atoms in total. The Labute approximate surface area is 130 Å². The number of fused-ring (bicyclic) bond motifs is 1. The molecular weight excluding hydrogens is 328 g/mol. The summed E-state index contributed by atoms with van der Waals surface area (Å²) < 4.78 is 50.2. The monoisotopic (exact) mass is 343 g/mol. The molecule has 9 heteroatoms. The maximum atomic E-state index is 13.6. The third kappa shape index (κ3) is 3.11. The van der Waals surface area contributed by atoms with E-state index in [1.165, 1.54) is 18.3 Å². The molecule has 2 heterocycles. The van der Waals surface area contributed by atoms with Gasteiger partial charge < -0.3 is 4.98 Å². The van der Waals surface area contributed by atoms with Gasteiger partial charge in [0.15, 0.2) is 10.5 Å². The zero-order valence-corrected chi connectivity index (χ0v) is 12.9. The molecular formula is C14H15F2N3O3S. The van der Waals surface area contributed by atoms with Crippen LogP contribution < -0.4 is 10.6 Å². The van der Waals surface area contributed by atoms with Crippen LogP contribution in [0.15, 0.2) is 28.2 Å². The molecule has 1 fully saturated rings. The molecule has 0 saturated heterocycles. The van der Waals surface area contributed by atoms with E-state index >= 15 is 0 Å². The van der Waals surface area contributed by atoms with Gasteiger partial charge in [0.1, 0.15) is 0 Å². The second-order valence-corrected chi connectivity index (χ2v) is 7.30. The van der Waals surface area contributed by atoms with E-state index in [4.69, 9.17) is 5.14 Å². The molecule has 3 N–H and O–H groups in total. The van der Waals surface area contributed by atoms with E-state index in [-0.39, 0.29) is 23.7 Å². The van der Waals surface area contributed by atoms with Gasteiger partial charge in [-0.25, -0.2) is 27.3 Å². The summed E-state index contributed by atoms with van der Waals surface area (Å²) in [4.78, 5) is 18.8. The van der Waals surface area contributed by atoms with Crippen LogP contribution in [0.3, 0.4) is 0 Å². The number of halogens is 2. The summed E-state index contributed by atoms with van der Waals surface area (Å²) in [5.74, 6) is -3.22. The van der Waals surface area contributed by atoms with Crippen molar-refractivity contribution in [3.63, 3.8) is 0 Å². The molecule has 3 rings (SSSR count). The van der Waals surface area contributed by atoms with Crippen molar-refractivity contribution >= 4 is 20.9 Å². The van der Waals surface area contributed by atoms with Crippen LogP contribution in [0.5, 0.6) is 0 Å². The lowest BCUT2D eigenvalue weighted by molar-refractivity contribution is -0.0412. The largest absolute Gasteiger partial charge is 0.358 e. The van der Waals surface area contributed by atoms with Gasteiger partial charge in [0.25, 0.3) is 10.0 Å². The summed E-state index contributed by atoms with van der Waals surface area (Å²) in [6, 6.07) is 2.60. The Morgan fingerprint density at radius 3 is 2.78 bits per heavy atom. The van der Waals surface area contributed by atoms with Crippen LogP contribution in [-0.2, 0) is 10.0 Å². The lowest BCUT2D eigenvalue weighted by Crippen LogP contribution is -2.26. The molecule has 0 radical (unpaired) electrons. The Kier molecular flexibility index (Phi) is 3.72. The molecule has 1 atom stereocenters. The first-order valence-corrected chi connectivity index (χ1v) is 8.65. The number of rotatable bonds is 2. The molecule has 1 aliphatic carbocycles. The van der Waals surface area contributed by atoms with Crippen molar-refractivity contribution in [2.45, 2.75) is 42.5 Å². The number of sulfonamides is 1. The average molecular weight is 343 g/mol. The van der Waals surface area contributed by atoms with Gasteiger partial charge >= 0.3 is 0 Å². The summed E-state index contributed by atoms with van der Waals surface area (Å²) in [7, 11) is -4.16. The third-order valence-electron chi connectivity index (χ3n) is 4.08. The summed E-state index contributed by atoms with van der Waals surface area (Å²) in [5, 5.41) is 4.40. The third-order valence-corrected chi connectivity index (χ3v) is 4.93. The van der Waals surface area contributed by atoms with Gasteiger partial charge in [0.05, 0.1) is 10.9 Å². The van der Waals surface area contributed by atoms with Crippen molar-refractivity contribution in [2.75, 3.05) is 0 Å². The second kappa shape index (κ2) is 5.34. The number of pyridine rings is 2. The first kappa shape index (κ1) is 16.0. The van der Waals surface area contributed by atoms with Crippen molar-refractivity contribution in [2.24, 2.45) is 5.14 Å². The minimum atomic E-state index is -4.16. The number of nitrogens with one attached hydrogen (secondary N) is 1. The van der Waals surface area contributed by atoms with Crippen molar-refractivity contribution < 1.29 is 17.2 Å². The van der Waals surface area contributed by atoms with Crippen LogP contribution in [0.2, 0.25) is 0 Å². The number of aromatic amines is 1. The van der Waals surface area contributed by atoms with Crippen LogP contribution in [0, 0.1) is 0 Å². The van der Waals surface area contributed by atoms with Crippen LogP contribution in [0.25, 0.3) is 10.9 Å². The molecule has 0 spiro atoms. The van der Waals surface area contributed by atoms with Gasteiger partial charge in [-0.1, -0.05) is 0 Å². The zero-order chi connectivity index (χ0) is 16.8. The van der Waals surface area contributed by atoms with Crippen LogP contribution >= 0.6 is 0 Å². The fourth-order valence-corrected chi connectivity index (χ4v) is 3.77. The van der Waals surface area contributed by atoms with Gasteiger partial charge in [0, 0.05) is 36.7 Å². The van der Waals surface area contributed by atoms with E-state index < -0.39 is 32.3 Å². The highest BCUT2D eigenvalue weighted by molar-refractivity contribution is 7.89. The summed E-state index contributed by atoms with van der Waals surface area (Å²) in [5.41, 5.74) is 0.00799. The summed E-state index contributed by atoms with van der Waals surface area (Å²) in [6.45, 7) is 0. The quantitative estimate of drug-likeness (QED) is 0.868. The maximum Gasteiger partial charge on any atom is 0.256 e. The van der Waals surface area contributed by atoms with Crippen LogP contribution in [0.4, 0.5) is 8.78 Å². The van der Waals surface area contributed by atoms with Crippen molar-refractivity contribution in [1.82, 2.24) is 9.97 Å². The number of H-pyrrole nitrogens is 1. The molecule has 1 saturated carbocycles. The molecule has 1 aliphatic rings. The molecule has 124 valence electrons. The molecule has 0 unspecified atom stereocenters. The van der Waals surface area contributed by atoms with Gasteiger partial charge in [-0.3, -0.25) is 4.79 Å². The number of hydrogen-bond acceptors (Lipinski definition) is 4. The standard InChI is InChI=1S/C14H15F2N3O3S/c15-14(16)4-1-2-8(7-14)10-6-11(20)12-9(19-10)3-5-18-13(12)23(17,21)22/h3,5-6,8H,1-2,4,7H2,(H,19,20)(H2,17,21,22)/t8-/m0/s1. The first-order chi connectivity index (χ1) is 10.7. The Bertz CT molecular complexity index is 924. The predicted molar refractivity (Wildman–Crippen MR) is 79.9 cm³/mol. The van der Waals surface area contributed by atoms with E-state index in [0.29, 0.717) is 18.5 Å².